The molecule has 1 unspecified atom stereocenters. The number of nitrogens with zero attached hydrogens (tertiary/aromatic N) is 1. The number of sulfone groups is 1. The van der Waals surface area contributed by atoms with Crippen molar-refractivity contribution in [3.8, 4) is 0 Å². The minimum Gasteiger partial charge on any atom is -0.338 e. The third-order valence-electron chi connectivity index (χ3n) is 3.24. The Balaban J connectivity index is 2.20. The van der Waals surface area contributed by atoms with Crippen LogP contribution in [0.25, 0.3) is 0 Å². The zero-order valence-corrected chi connectivity index (χ0v) is 11.1. The number of rotatable bonds is 2. The fraction of sp³-hybridized carbons (Fsp3) is 0.417. The first-order valence-corrected chi connectivity index (χ1v) is 7.55. The zero-order chi connectivity index (χ0) is 14.2. The fourth-order valence-corrected chi connectivity index (χ4v) is 3.87. The molecule has 1 atom stereocenters. The minimum atomic E-state index is -3.12. The highest BCUT2D eigenvalue weighted by Gasteiger charge is 2.33. The van der Waals surface area contributed by atoms with Crippen molar-refractivity contribution < 1.29 is 22.0 Å². The molecule has 0 saturated carbocycles. The number of carbonyl (C=O) groups is 1. The maximum atomic E-state index is 13.5. The number of halogens is 2. The minimum absolute atomic E-state index is 0.0290. The molecule has 1 saturated heterocycles. The molecule has 0 bridgehead atoms. The lowest BCUT2D eigenvalue weighted by Gasteiger charge is -2.23. The van der Waals surface area contributed by atoms with Crippen LogP contribution in [0.5, 0.6) is 0 Å². The number of carbonyl (C=O) groups excluding carboxylic acids is 1. The van der Waals surface area contributed by atoms with E-state index in [-0.39, 0.29) is 17.1 Å². The molecule has 7 heteroatoms. The standard InChI is InChI=1S/C12H13F2NO3S/c1-15(9-4-5-19(17,18)7-9)12(16)10-3-2-8(13)6-11(10)14/h2-3,6,9H,4-5,7H2,1H3. The molecule has 1 fully saturated rings. The first-order valence-electron chi connectivity index (χ1n) is 5.73. The monoisotopic (exact) mass is 289 g/mol. The summed E-state index contributed by atoms with van der Waals surface area (Å²) in [5.74, 6) is -2.43. The van der Waals surface area contributed by atoms with Gasteiger partial charge in [0.2, 0.25) is 0 Å². The van der Waals surface area contributed by atoms with Crippen LogP contribution in [-0.2, 0) is 9.84 Å². The molecule has 4 nitrogen and oxygen atoms in total. The van der Waals surface area contributed by atoms with Crippen molar-refractivity contribution in [3.63, 3.8) is 0 Å². The lowest BCUT2D eigenvalue weighted by molar-refractivity contribution is 0.0743. The summed E-state index contributed by atoms with van der Waals surface area (Å²) < 4.78 is 49.0. The van der Waals surface area contributed by atoms with Crippen LogP contribution in [0.15, 0.2) is 18.2 Å². The zero-order valence-electron chi connectivity index (χ0n) is 10.3. The molecule has 1 aromatic carbocycles. The van der Waals surface area contributed by atoms with Gasteiger partial charge in [0.25, 0.3) is 5.91 Å². The van der Waals surface area contributed by atoms with E-state index in [1.807, 2.05) is 0 Å². The van der Waals surface area contributed by atoms with E-state index in [2.05, 4.69) is 0 Å². The molecule has 1 heterocycles. The average Bonchev–Trinajstić information content (AvgIpc) is 2.68. The summed E-state index contributed by atoms with van der Waals surface area (Å²) >= 11 is 0. The van der Waals surface area contributed by atoms with Crippen molar-refractivity contribution >= 4 is 15.7 Å². The first-order chi connectivity index (χ1) is 8.80. The van der Waals surface area contributed by atoms with Crippen LogP contribution in [0.4, 0.5) is 8.78 Å². The van der Waals surface area contributed by atoms with Crippen molar-refractivity contribution in [1.82, 2.24) is 4.90 Å². The Morgan fingerprint density at radius 3 is 2.58 bits per heavy atom. The normalized spacial score (nSPS) is 21.3. The summed E-state index contributed by atoms with van der Waals surface area (Å²) in [5, 5.41) is 0. The van der Waals surface area contributed by atoms with E-state index >= 15 is 0 Å². The van der Waals surface area contributed by atoms with Crippen molar-refractivity contribution in [2.45, 2.75) is 12.5 Å². The van der Waals surface area contributed by atoms with Crippen LogP contribution in [0, 0.1) is 11.6 Å². The quantitative estimate of drug-likeness (QED) is 0.822. The van der Waals surface area contributed by atoms with Crippen LogP contribution < -0.4 is 0 Å². The Hall–Kier alpha value is -1.50. The highest BCUT2D eigenvalue weighted by Crippen LogP contribution is 2.19. The van der Waals surface area contributed by atoms with E-state index in [0.29, 0.717) is 12.5 Å². The van der Waals surface area contributed by atoms with Gasteiger partial charge in [-0.3, -0.25) is 4.79 Å². The van der Waals surface area contributed by atoms with Gasteiger partial charge in [-0.25, -0.2) is 17.2 Å². The van der Waals surface area contributed by atoms with Gasteiger partial charge in [0, 0.05) is 19.2 Å². The average molecular weight is 289 g/mol. The molecule has 0 N–H and O–H groups in total. The molecule has 0 radical (unpaired) electrons. The van der Waals surface area contributed by atoms with Crippen LogP contribution in [0.3, 0.4) is 0 Å². The van der Waals surface area contributed by atoms with E-state index < -0.39 is 33.4 Å². The maximum absolute atomic E-state index is 13.5. The van der Waals surface area contributed by atoms with Crippen LogP contribution in [-0.4, -0.2) is 43.8 Å². The first kappa shape index (κ1) is 13.9. The van der Waals surface area contributed by atoms with Crippen molar-refractivity contribution in [1.29, 1.82) is 0 Å². The van der Waals surface area contributed by atoms with E-state index in [1.165, 1.54) is 11.9 Å². The molecule has 2 rings (SSSR count). The SMILES string of the molecule is CN(C(=O)c1ccc(F)cc1F)C1CCS(=O)(=O)C1. The summed E-state index contributed by atoms with van der Waals surface area (Å²) in [6.45, 7) is 0. The van der Waals surface area contributed by atoms with Crippen LogP contribution in [0.1, 0.15) is 16.8 Å². The Kier molecular flexibility index (Phi) is 3.58. The molecule has 1 aliphatic heterocycles. The van der Waals surface area contributed by atoms with E-state index in [1.54, 1.807) is 0 Å². The number of hydrogen-bond acceptors (Lipinski definition) is 3. The molecule has 0 aliphatic carbocycles. The van der Waals surface area contributed by atoms with Gasteiger partial charge in [0.15, 0.2) is 9.84 Å². The summed E-state index contributed by atoms with van der Waals surface area (Å²) in [5.41, 5.74) is -0.256. The van der Waals surface area contributed by atoms with E-state index in [0.717, 1.165) is 12.1 Å². The molecule has 1 amide bonds. The molecule has 104 valence electrons. The Morgan fingerprint density at radius 1 is 1.37 bits per heavy atom. The highest BCUT2D eigenvalue weighted by atomic mass is 32.2. The Morgan fingerprint density at radius 2 is 2.05 bits per heavy atom. The van der Waals surface area contributed by atoms with Gasteiger partial charge in [0.1, 0.15) is 11.6 Å². The van der Waals surface area contributed by atoms with Gasteiger partial charge in [0.05, 0.1) is 17.1 Å². The second-order valence-corrected chi connectivity index (χ2v) is 6.83. The topological polar surface area (TPSA) is 54.5 Å². The van der Waals surface area contributed by atoms with Gasteiger partial charge in [-0.15, -0.1) is 0 Å². The maximum Gasteiger partial charge on any atom is 0.256 e. The second kappa shape index (κ2) is 4.88. The summed E-state index contributed by atoms with van der Waals surface area (Å²) in [6, 6.07) is 2.23. The lowest BCUT2D eigenvalue weighted by Crippen LogP contribution is -2.38. The van der Waals surface area contributed by atoms with Crippen LogP contribution >= 0.6 is 0 Å². The predicted octanol–water partition coefficient (Wildman–Crippen LogP) is 1.22. The molecule has 0 aromatic heterocycles. The van der Waals surface area contributed by atoms with Gasteiger partial charge in [-0.05, 0) is 18.6 Å². The van der Waals surface area contributed by atoms with E-state index in [4.69, 9.17) is 0 Å². The van der Waals surface area contributed by atoms with Gasteiger partial charge in [-0.1, -0.05) is 0 Å². The number of hydrogen-bond donors (Lipinski definition) is 0. The van der Waals surface area contributed by atoms with Gasteiger partial charge < -0.3 is 4.90 Å². The summed E-state index contributed by atoms with van der Waals surface area (Å²) in [7, 11) is -1.69. The Labute approximate surface area is 109 Å². The van der Waals surface area contributed by atoms with Crippen molar-refractivity contribution in [3.05, 3.63) is 35.4 Å². The fourth-order valence-electron chi connectivity index (χ4n) is 2.10. The van der Waals surface area contributed by atoms with Crippen molar-refractivity contribution in [2.24, 2.45) is 0 Å². The van der Waals surface area contributed by atoms with Crippen molar-refractivity contribution in [2.75, 3.05) is 18.6 Å². The molecule has 0 spiro atoms. The molecule has 1 aliphatic rings. The smallest absolute Gasteiger partial charge is 0.256 e. The third kappa shape index (κ3) is 2.91. The van der Waals surface area contributed by atoms with Crippen LogP contribution in [0.2, 0.25) is 0 Å². The largest absolute Gasteiger partial charge is 0.338 e. The molecule has 19 heavy (non-hydrogen) atoms. The molecule has 1 aromatic rings. The summed E-state index contributed by atoms with van der Waals surface area (Å²) in [6.07, 6.45) is 0.341. The van der Waals surface area contributed by atoms with Gasteiger partial charge in [-0.2, -0.15) is 0 Å². The summed E-state index contributed by atoms with van der Waals surface area (Å²) in [4.78, 5) is 13.3. The lowest BCUT2D eigenvalue weighted by atomic mass is 10.1. The van der Waals surface area contributed by atoms with E-state index in [9.17, 15) is 22.0 Å². The van der Waals surface area contributed by atoms with Gasteiger partial charge >= 0.3 is 0 Å². The predicted molar refractivity (Wildman–Crippen MR) is 65.5 cm³/mol. The number of benzene rings is 1. The number of amides is 1. The third-order valence-corrected chi connectivity index (χ3v) is 4.99. The molecular formula is C12H13F2NO3S. The second-order valence-electron chi connectivity index (χ2n) is 4.60. The Bertz CT molecular complexity index is 615. The highest BCUT2D eigenvalue weighted by molar-refractivity contribution is 7.91. The molecular weight excluding hydrogens is 276 g/mol.